The summed E-state index contributed by atoms with van der Waals surface area (Å²) in [7, 11) is 0. The summed E-state index contributed by atoms with van der Waals surface area (Å²) in [4.78, 5) is 0. The third kappa shape index (κ3) is 2.79. The largest absolute Gasteiger partial charge is 0.477 e. The van der Waals surface area contributed by atoms with E-state index in [0.717, 1.165) is 11.1 Å². The zero-order valence-corrected chi connectivity index (χ0v) is 10.1. The molecule has 4 heteroatoms. The molecule has 2 aromatic rings. The van der Waals surface area contributed by atoms with E-state index in [-0.39, 0.29) is 12.4 Å². The normalized spacial score (nSPS) is 9.83. The predicted molar refractivity (Wildman–Crippen MR) is 68.0 cm³/mol. The molecule has 0 atom stereocenters. The lowest BCUT2D eigenvalue weighted by molar-refractivity contribution is 0.368. The third-order valence-electron chi connectivity index (χ3n) is 2.38. The maximum Gasteiger partial charge on any atom is 0.174 e. The highest BCUT2D eigenvalue weighted by Gasteiger charge is 2.05. The average Bonchev–Trinajstić information content (AvgIpc) is 2.38. The van der Waals surface area contributed by atoms with Gasteiger partial charge < -0.3 is 4.74 Å². The number of hydrogen-bond acceptors (Lipinski definition) is 2. The van der Waals surface area contributed by atoms with Gasteiger partial charge in [0.25, 0.3) is 0 Å². The molecule has 2 aromatic carbocycles. The van der Waals surface area contributed by atoms with Crippen molar-refractivity contribution in [1.82, 2.24) is 0 Å². The molecule has 0 heterocycles. The molecule has 0 aromatic heterocycles. The van der Waals surface area contributed by atoms with E-state index in [9.17, 15) is 4.39 Å². The van der Waals surface area contributed by atoms with E-state index in [2.05, 4.69) is 0 Å². The SMILES string of the molecule is N#CCOc1cc(-c2cccc(F)c2)ccc1Cl. The van der Waals surface area contributed by atoms with Gasteiger partial charge >= 0.3 is 0 Å². The van der Waals surface area contributed by atoms with E-state index in [4.69, 9.17) is 21.6 Å². The van der Waals surface area contributed by atoms with Crippen molar-refractivity contribution in [3.05, 3.63) is 53.3 Å². The van der Waals surface area contributed by atoms with Gasteiger partial charge in [0.15, 0.2) is 6.61 Å². The van der Waals surface area contributed by atoms with E-state index in [0.29, 0.717) is 10.8 Å². The zero-order chi connectivity index (χ0) is 13.0. The van der Waals surface area contributed by atoms with Crippen molar-refractivity contribution in [2.45, 2.75) is 0 Å². The lowest BCUT2D eigenvalue weighted by atomic mass is 10.1. The molecule has 18 heavy (non-hydrogen) atoms. The minimum absolute atomic E-state index is 0.0771. The highest BCUT2D eigenvalue weighted by atomic mass is 35.5. The van der Waals surface area contributed by atoms with Crippen LogP contribution in [0.15, 0.2) is 42.5 Å². The van der Waals surface area contributed by atoms with Crippen LogP contribution in [-0.2, 0) is 0 Å². The summed E-state index contributed by atoms with van der Waals surface area (Å²) < 4.78 is 18.3. The first-order valence-corrected chi connectivity index (χ1v) is 5.64. The molecule has 2 rings (SSSR count). The van der Waals surface area contributed by atoms with Crippen LogP contribution in [0.25, 0.3) is 11.1 Å². The lowest BCUT2D eigenvalue weighted by Crippen LogP contribution is -1.94. The van der Waals surface area contributed by atoms with Crippen LogP contribution < -0.4 is 4.74 Å². The summed E-state index contributed by atoms with van der Waals surface area (Å²) in [6, 6.07) is 13.2. The van der Waals surface area contributed by atoms with Crippen molar-refractivity contribution in [2.24, 2.45) is 0 Å². The summed E-state index contributed by atoms with van der Waals surface area (Å²) in [6.07, 6.45) is 0. The minimum Gasteiger partial charge on any atom is -0.477 e. The van der Waals surface area contributed by atoms with Crippen molar-refractivity contribution < 1.29 is 9.13 Å². The Morgan fingerprint density at radius 1 is 1.17 bits per heavy atom. The van der Waals surface area contributed by atoms with Crippen molar-refractivity contribution in [2.75, 3.05) is 6.61 Å². The molecule has 0 aliphatic heterocycles. The molecule has 0 fully saturated rings. The summed E-state index contributed by atoms with van der Waals surface area (Å²) >= 11 is 5.94. The van der Waals surface area contributed by atoms with Gasteiger partial charge in [-0.1, -0.05) is 29.8 Å². The first-order valence-electron chi connectivity index (χ1n) is 5.26. The molecule has 0 amide bonds. The second-order valence-electron chi connectivity index (χ2n) is 3.60. The van der Waals surface area contributed by atoms with Gasteiger partial charge in [-0.3, -0.25) is 0 Å². The fourth-order valence-electron chi connectivity index (χ4n) is 1.57. The van der Waals surface area contributed by atoms with Crippen molar-refractivity contribution in [1.29, 1.82) is 5.26 Å². The standard InChI is InChI=1S/C14H9ClFNO/c15-13-5-4-11(9-14(13)18-7-6-17)10-2-1-3-12(16)8-10/h1-5,8-9H,7H2. The highest BCUT2D eigenvalue weighted by Crippen LogP contribution is 2.30. The number of benzene rings is 2. The number of halogens is 2. The minimum atomic E-state index is -0.304. The smallest absolute Gasteiger partial charge is 0.174 e. The van der Waals surface area contributed by atoms with Gasteiger partial charge in [-0.05, 0) is 35.4 Å². The Labute approximate surface area is 109 Å². The molecular formula is C14H9ClFNO. The number of hydrogen-bond donors (Lipinski definition) is 0. The second-order valence-corrected chi connectivity index (χ2v) is 4.01. The summed E-state index contributed by atoms with van der Waals surface area (Å²) in [6.45, 7) is -0.0771. The summed E-state index contributed by atoms with van der Waals surface area (Å²) in [5.74, 6) is 0.113. The molecule has 0 aliphatic carbocycles. The Kier molecular flexibility index (Phi) is 3.81. The number of nitrogens with zero attached hydrogens (tertiary/aromatic N) is 1. The first-order chi connectivity index (χ1) is 8.70. The van der Waals surface area contributed by atoms with Crippen LogP contribution in [0.4, 0.5) is 4.39 Å². The van der Waals surface area contributed by atoms with Crippen molar-refractivity contribution in [3.63, 3.8) is 0 Å². The van der Waals surface area contributed by atoms with Crippen molar-refractivity contribution in [3.8, 4) is 22.9 Å². The molecule has 90 valence electrons. The van der Waals surface area contributed by atoms with Crippen LogP contribution in [-0.4, -0.2) is 6.61 Å². The van der Waals surface area contributed by atoms with Gasteiger partial charge in [-0.2, -0.15) is 5.26 Å². The van der Waals surface area contributed by atoms with Crippen LogP contribution in [0.3, 0.4) is 0 Å². The monoisotopic (exact) mass is 261 g/mol. The van der Waals surface area contributed by atoms with E-state index in [1.165, 1.54) is 12.1 Å². The van der Waals surface area contributed by atoms with Gasteiger partial charge in [0.1, 0.15) is 17.6 Å². The Bertz CT molecular complexity index is 607. The van der Waals surface area contributed by atoms with Crippen LogP contribution in [0.1, 0.15) is 0 Å². The molecule has 0 bridgehead atoms. The van der Waals surface area contributed by atoms with E-state index < -0.39 is 0 Å². The quantitative estimate of drug-likeness (QED) is 0.835. The van der Waals surface area contributed by atoms with Gasteiger partial charge in [-0.15, -0.1) is 0 Å². The Morgan fingerprint density at radius 3 is 2.67 bits per heavy atom. The molecule has 0 spiro atoms. The van der Waals surface area contributed by atoms with Crippen LogP contribution in [0, 0.1) is 17.1 Å². The highest BCUT2D eigenvalue weighted by molar-refractivity contribution is 6.32. The average molecular weight is 262 g/mol. The molecule has 0 unspecified atom stereocenters. The fourth-order valence-corrected chi connectivity index (χ4v) is 1.74. The Balaban J connectivity index is 2.38. The van der Waals surface area contributed by atoms with Crippen LogP contribution >= 0.6 is 11.6 Å². The molecular weight excluding hydrogens is 253 g/mol. The number of nitriles is 1. The summed E-state index contributed by atoms with van der Waals surface area (Å²) in [5, 5.41) is 8.90. The number of rotatable bonds is 3. The van der Waals surface area contributed by atoms with Crippen LogP contribution in [0.5, 0.6) is 5.75 Å². The molecule has 0 saturated carbocycles. The maximum atomic E-state index is 13.1. The van der Waals surface area contributed by atoms with E-state index in [1.54, 1.807) is 30.3 Å². The third-order valence-corrected chi connectivity index (χ3v) is 2.69. The molecule has 0 N–H and O–H groups in total. The van der Waals surface area contributed by atoms with Crippen molar-refractivity contribution >= 4 is 11.6 Å². The first kappa shape index (κ1) is 12.4. The van der Waals surface area contributed by atoms with Gasteiger partial charge in [-0.25, -0.2) is 4.39 Å². The van der Waals surface area contributed by atoms with E-state index in [1.807, 2.05) is 6.07 Å². The Morgan fingerprint density at radius 2 is 1.94 bits per heavy atom. The van der Waals surface area contributed by atoms with Crippen LogP contribution in [0.2, 0.25) is 5.02 Å². The fraction of sp³-hybridized carbons (Fsp3) is 0.0714. The topological polar surface area (TPSA) is 33.0 Å². The molecule has 0 saturated heterocycles. The molecule has 0 radical (unpaired) electrons. The second kappa shape index (κ2) is 5.52. The van der Waals surface area contributed by atoms with E-state index >= 15 is 0 Å². The Hall–Kier alpha value is -2.05. The predicted octanol–water partition coefficient (Wildman–Crippen LogP) is 4.05. The molecule has 0 aliphatic rings. The lowest BCUT2D eigenvalue weighted by Gasteiger charge is -2.07. The molecule has 2 nitrogen and oxygen atoms in total. The maximum absolute atomic E-state index is 13.1. The zero-order valence-electron chi connectivity index (χ0n) is 9.36. The number of ether oxygens (including phenoxy) is 1. The summed E-state index contributed by atoms with van der Waals surface area (Å²) in [5.41, 5.74) is 1.51. The van der Waals surface area contributed by atoms with Gasteiger partial charge in [0, 0.05) is 0 Å². The van der Waals surface area contributed by atoms with Gasteiger partial charge in [0.05, 0.1) is 5.02 Å². The van der Waals surface area contributed by atoms with Gasteiger partial charge in [0.2, 0.25) is 0 Å².